The number of guanidine groups is 1. The number of carbonyl (C=O) groups excluding carboxylic acids is 1. The zero-order valence-corrected chi connectivity index (χ0v) is 7.22. The Kier molecular flexibility index (Phi) is 1.54. The van der Waals surface area contributed by atoms with E-state index in [0.29, 0.717) is 11.8 Å². The minimum absolute atomic E-state index is 0.227. The number of fused-ring (bicyclic) bond motifs is 1. The molecule has 0 aromatic rings. The Labute approximate surface area is 74.4 Å². The average Bonchev–Trinajstić information content (AvgIpc) is 2.51. The molecule has 2 heterocycles. The maximum absolute atomic E-state index is 11.3. The van der Waals surface area contributed by atoms with Crippen LogP contribution in [0, 0.1) is 0 Å². The first-order valence-corrected chi connectivity index (χ1v) is 3.68. The molecule has 2 aliphatic heterocycles. The topological polar surface area (TPSA) is 69.8 Å². The highest BCUT2D eigenvalue weighted by Gasteiger charge is 2.26. The van der Waals surface area contributed by atoms with Crippen LogP contribution < -0.4 is 0 Å². The molecule has 2 aliphatic rings. The van der Waals surface area contributed by atoms with E-state index in [4.69, 9.17) is 0 Å². The SMILES string of the molecule is CN(C)C1=NC(=O)C2=NC=NC2=N1. The molecule has 66 valence electrons. The fraction of sp³-hybridized carbons (Fsp3) is 0.286. The predicted octanol–water partition coefficient (Wildman–Crippen LogP) is -0.674. The van der Waals surface area contributed by atoms with Crippen molar-refractivity contribution in [1.82, 2.24) is 4.90 Å². The summed E-state index contributed by atoms with van der Waals surface area (Å²) in [6.07, 6.45) is 1.31. The lowest BCUT2D eigenvalue weighted by Gasteiger charge is -2.13. The molecule has 0 aromatic heterocycles. The third-order valence-corrected chi connectivity index (χ3v) is 1.59. The van der Waals surface area contributed by atoms with E-state index in [0.717, 1.165) is 0 Å². The first-order valence-electron chi connectivity index (χ1n) is 3.68. The van der Waals surface area contributed by atoms with Crippen LogP contribution in [0.15, 0.2) is 20.0 Å². The van der Waals surface area contributed by atoms with Gasteiger partial charge in [-0.3, -0.25) is 4.79 Å². The normalized spacial score (nSPS) is 19.2. The minimum Gasteiger partial charge on any atom is -0.347 e. The summed E-state index contributed by atoms with van der Waals surface area (Å²) in [5.41, 5.74) is 0.227. The Morgan fingerprint density at radius 2 is 2.08 bits per heavy atom. The Hall–Kier alpha value is -1.85. The molecule has 1 amide bonds. The van der Waals surface area contributed by atoms with Crippen LogP contribution in [0.3, 0.4) is 0 Å². The molecule has 0 N–H and O–H groups in total. The van der Waals surface area contributed by atoms with Gasteiger partial charge in [-0.2, -0.15) is 9.98 Å². The number of carbonyl (C=O) groups is 1. The lowest BCUT2D eigenvalue weighted by atomic mass is 10.3. The van der Waals surface area contributed by atoms with Gasteiger partial charge in [-0.05, 0) is 0 Å². The summed E-state index contributed by atoms with van der Waals surface area (Å²) in [5, 5.41) is 0. The molecule has 13 heavy (non-hydrogen) atoms. The number of aliphatic imine (C=N–C) groups is 4. The molecule has 0 fully saturated rings. The molecule has 6 nitrogen and oxygen atoms in total. The van der Waals surface area contributed by atoms with E-state index in [1.807, 2.05) is 0 Å². The van der Waals surface area contributed by atoms with Crippen molar-refractivity contribution in [1.29, 1.82) is 0 Å². The smallest absolute Gasteiger partial charge is 0.302 e. The summed E-state index contributed by atoms with van der Waals surface area (Å²) >= 11 is 0. The molecule has 0 saturated heterocycles. The molecule has 0 saturated carbocycles. The molecule has 6 heteroatoms. The summed E-state index contributed by atoms with van der Waals surface area (Å²) < 4.78 is 0. The molecule has 2 rings (SSSR count). The van der Waals surface area contributed by atoms with Gasteiger partial charge in [-0.1, -0.05) is 0 Å². The number of hydrogen-bond donors (Lipinski definition) is 0. The highest BCUT2D eigenvalue weighted by Crippen LogP contribution is 2.05. The Balaban J connectivity index is 2.43. The number of hydrogen-bond acceptors (Lipinski definition) is 5. The summed E-state index contributed by atoms with van der Waals surface area (Å²) in [6, 6.07) is 0. The van der Waals surface area contributed by atoms with E-state index < -0.39 is 0 Å². The van der Waals surface area contributed by atoms with Crippen molar-refractivity contribution in [3.05, 3.63) is 0 Å². The van der Waals surface area contributed by atoms with Gasteiger partial charge in [0.05, 0.1) is 0 Å². The van der Waals surface area contributed by atoms with Gasteiger partial charge in [0.15, 0.2) is 11.5 Å². The van der Waals surface area contributed by atoms with E-state index in [2.05, 4.69) is 20.0 Å². The van der Waals surface area contributed by atoms with Gasteiger partial charge in [-0.25, -0.2) is 9.98 Å². The molecule has 0 aliphatic carbocycles. The van der Waals surface area contributed by atoms with E-state index in [1.54, 1.807) is 19.0 Å². The summed E-state index contributed by atoms with van der Waals surface area (Å²) in [7, 11) is 3.52. The van der Waals surface area contributed by atoms with Crippen molar-refractivity contribution in [2.45, 2.75) is 0 Å². The second-order valence-electron chi connectivity index (χ2n) is 2.77. The van der Waals surface area contributed by atoms with Gasteiger partial charge >= 0.3 is 5.91 Å². The fourth-order valence-corrected chi connectivity index (χ4v) is 0.956. The van der Waals surface area contributed by atoms with Gasteiger partial charge in [0.2, 0.25) is 5.96 Å². The highest BCUT2D eigenvalue weighted by molar-refractivity contribution is 6.71. The van der Waals surface area contributed by atoms with E-state index in [9.17, 15) is 4.79 Å². The van der Waals surface area contributed by atoms with Gasteiger partial charge in [-0.15, -0.1) is 0 Å². The molecular formula is C7H7N5O. The Bertz CT molecular complexity index is 388. The van der Waals surface area contributed by atoms with Crippen LogP contribution in [0.1, 0.15) is 0 Å². The second-order valence-corrected chi connectivity index (χ2v) is 2.77. The van der Waals surface area contributed by atoms with Crippen molar-refractivity contribution in [2.24, 2.45) is 20.0 Å². The number of rotatable bonds is 0. The van der Waals surface area contributed by atoms with Crippen molar-refractivity contribution >= 4 is 29.8 Å². The molecular weight excluding hydrogens is 170 g/mol. The number of nitrogens with zero attached hydrogens (tertiary/aromatic N) is 5. The predicted molar refractivity (Wildman–Crippen MR) is 49.5 cm³/mol. The highest BCUT2D eigenvalue weighted by atomic mass is 16.1. The van der Waals surface area contributed by atoms with Crippen molar-refractivity contribution < 1.29 is 4.79 Å². The molecule has 0 radical (unpaired) electrons. The van der Waals surface area contributed by atoms with Gasteiger partial charge in [0.1, 0.15) is 6.34 Å². The maximum Gasteiger partial charge on any atom is 0.302 e. The zero-order valence-electron chi connectivity index (χ0n) is 7.22. The van der Waals surface area contributed by atoms with Crippen LogP contribution >= 0.6 is 0 Å². The lowest BCUT2D eigenvalue weighted by Crippen LogP contribution is -2.31. The number of amides is 1. The number of amidine groups is 1. The van der Waals surface area contributed by atoms with Crippen molar-refractivity contribution in [3.63, 3.8) is 0 Å². The Morgan fingerprint density at radius 3 is 2.77 bits per heavy atom. The van der Waals surface area contributed by atoms with E-state index in [-0.39, 0.29) is 11.6 Å². The third kappa shape index (κ3) is 1.16. The first-order chi connectivity index (χ1) is 6.18. The molecule has 0 atom stereocenters. The summed E-state index contributed by atoms with van der Waals surface area (Å²) in [5.74, 6) is 0.327. The van der Waals surface area contributed by atoms with Crippen molar-refractivity contribution in [2.75, 3.05) is 14.1 Å². The quantitative estimate of drug-likeness (QED) is 0.492. The summed E-state index contributed by atoms with van der Waals surface area (Å²) in [6.45, 7) is 0. The van der Waals surface area contributed by atoms with Crippen LogP contribution in [-0.4, -0.2) is 48.7 Å². The van der Waals surface area contributed by atoms with Crippen LogP contribution in [0.4, 0.5) is 0 Å². The van der Waals surface area contributed by atoms with E-state index in [1.165, 1.54) is 6.34 Å². The van der Waals surface area contributed by atoms with Gasteiger partial charge in [0, 0.05) is 14.1 Å². The maximum atomic E-state index is 11.3. The van der Waals surface area contributed by atoms with Crippen LogP contribution in [-0.2, 0) is 4.79 Å². The fourth-order valence-electron chi connectivity index (χ4n) is 0.956. The van der Waals surface area contributed by atoms with Crippen molar-refractivity contribution in [3.8, 4) is 0 Å². The molecule has 0 unspecified atom stereocenters. The first kappa shape index (κ1) is 7.78. The van der Waals surface area contributed by atoms with Crippen LogP contribution in [0.2, 0.25) is 0 Å². The molecule has 0 spiro atoms. The second kappa shape index (κ2) is 2.58. The average molecular weight is 177 g/mol. The molecule has 0 aromatic carbocycles. The van der Waals surface area contributed by atoms with E-state index >= 15 is 0 Å². The minimum atomic E-state index is -0.383. The largest absolute Gasteiger partial charge is 0.347 e. The van der Waals surface area contributed by atoms with Crippen LogP contribution in [0.5, 0.6) is 0 Å². The standard InChI is InChI=1S/C7H7N5O/c1-12(2)7-10-5-4(6(13)11-7)8-3-9-5/h3H,1-2H3. The van der Waals surface area contributed by atoms with Gasteiger partial charge in [0.25, 0.3) is 0 Å². The zero-order chi connectivity index (χ0) is 9.42. The third-order valence-electron chi connectivity index (χ3n) is 1.59. The monoisotopic (exact) mass is 177 g/mol. The summed E-state index contributed by atoms with van der Waals surface area (Å²) in [4.78, 5) is 28.3. The molecule has 0 bridgehead atoms. The Morgan fingerprint density at radius 1 is 1.31 bits per heavy atom. The lowest BCUT2D eigenvalue weighted by molar-refractivity contribution is -0.111. The van der Waals surface area contributed by atoms with Crippen LogP contribution in [0.25, 0.3) is 0 Å². The van der Waals surface area contributed by atoms with Gasteiger partial charge < -0.3 is 4.90 Å².